The van der Waals surface area contributed by atoms with Crippen molar-refractivity contribution in [3.8, 4) is 0 Å². The van der Waals surface area contributed by atoms with Crippen LogP contribution in [0.5, 0.6) is 0 Å². The van der Waals surface area contributed by atoms with Gasteiger partial charge in [0.15, 0.2) is 0 Å². The standard InChI is InChI=1S/C6H9NS.C4H9NS.C2H3ClO.CH4/c1-5(2)6-7-3-4-8-6;1-3(2)4(5)6;3-1-2-4;/h3-5H,1-2H3;3H,1-2H3,(H2,5,6);2H,1H2;1H4. The minimum Gasteiger partial charge on any atom is -0.393 e. The molecule has 0 fully saturated rings. The molecular weight excluding hydrogens is 300 g/mol. The summed E-state index contributed by atoms with van der Waals surface area (Å²) >= 11 is 11.1. The van der Waals surface area contributed by atoms with Crippen molar-refractivity contribution in [1.82, 2.24) is 4.98 Å². The summed E-state index contributed by atoms with van der Waals surface area (Å²) in [5.74, 6) is 1.06. The van der Waals surface area contributed by atoms with Gasteiger partial charge in [-0.1, -0.05) is 47.3 Å². The molecule has 0 radical (unpaired) electrons. The van der Waals surface area contributed by atoms with Crippen molar-refractivity contribution in [1.29, 1.82) is 0 Å². The zero-order valence-corrected chi connectivity index (χ0v) is 13.6. The number of aldehydes is 1. The van der Waals surface area contributed by atoms with Crippen LogP contribution in [0.25, 0.3) is 0 Å². The molecule has 19 heavy (non-hydrogen) atoms. The van der Waals surface area contributed by atoms with E-state index in [-0.39, 0.29) is 13.3 Å². The Balaban J connectivity index is -0.000000210. The molecule has 0 amide bonds. The van der Waals surface area contributed by atoms with E-state index in [1.807, 2.05) is 25.4 Å². The molecule has 0 saturated heterocycles. The first-order valence-corrected chi connectivity index (χ1v) is 7.37. The van der Waals surface area contributed by atoms with Crippen molar-refractivity contribution < 1.29 is 4.79 Å². The average molecular weight is 325 g/mol. The van der Waals surface area contributed by atoms with E-state index in [4.69, 9.17) is 22.1 Å². The van der Waals surface area contributed by atoms with Gasteiger partial charge in [-0.2, -0.15) is 0 Å². The van der Waals surface area contributed by atoms with E-state index in [0.717, 1.165) is 0 Å². The molecule has 0 atom stereocenters. The molecular formula is C13H25ClN2OS2. The summed E-state index contributed by atoms with van der Waals surface area (Å²) < 4.78 is 0. The van der Waals surface area contributed by atoms with Crippen LogP contribution in [-0.4, -0.2) is 22.1 Å². The number of hydrogen-bond donors (Lipinski definition) is 1. The number of halogens is 1. The van der Waals surface area contributed by atoms with Gasteiger partial charge in [0.2, 0.25) is 0 Å². The zero-order chi connectivity index (χ0) is 14.6. The summed E-state index contributed by atoms with van der Waals surface area (Å²) in [5, 5.41) is 3.24. The van der Waals surface area contributed by atoms with Gasteiger partial charge in [0.05, 0.1) is 15.9 Å². The van der Waals surface area contributed by atoms with Gasteiger partial charge < -0.3 is 10.5 Å². The maximum atomic E-state index is 9.04. The molecule has 2 N–H and O–H groups in total. The Kier molecular flexibility index (Phi) is 19.3. The fraction of sp³-hybridized carbons (Fsp3) is 0.615. The number of thiocarbonyl (C=S) groups is 1. The molecule has 1 aromatic rings. The fourth-order valence-corrected chi connectivity index (χ4v) is 1.17. The third-order valence-electron chi connectivity index (χ3n) is 1.58. The summed E-state index contributed by atoms with van der Waals surface area (Å²) in [6.45, 7) is 8.25. The van der Waals surface area contributed by atoms with Crippen LogP contribution in [0, 0.1) is 5.92 Å². The Morgan fingerprint density at radius 2 is 1.95 bits per heavy atom. The van der Waals surface area contributed by atoms with Crippen molar-refractivity contribution in [3.63, 3.8) is 0 Å². The maximum Gasteiger partial charge on any atom is 0.134 e. The van der Waals surface area contributed by atoms with E-state index < -0.39 is 0 Å². The minimum atomic E-state index is 0. The highest BCUT2D eigenvalue weighted by molar-refractivity contribution is 7.80. The Morgan fingerprint density at radius 1 is 1.53 bits per heavy atom. The highest BCUT2D eigenvalue weighted by Crippen LogP contribution is 2.15. The molecule has 1 rings (SSSR count). The van der Waals surface area contributed by atoms with E-state index in [1.165, 1.54) is 5.01 Å². The Bertz CT molecular complexity index is 314. The van der Waals surface area contributed by atoms with Gasteiger partial charge in [0.25, 0.3) is 0 Å². The number of nitrogens with two attached hydrogens (primary N) is 1. The molecule has 0 aliphatic heterocycles. The number of rotatable bonds is 3. The monoisotopic (exact) mass is 324 g/mol. The van der Waals surface area contributed by atoms with E-state index in [1.54, 1.807) is 11.3 Å². The molecule has 0 spiro atoms. The molecule has 0 saturated carbocycles. The van der Waals surface area contributed by atoms with E-state index in [0.29, 0.717) is 23.1 Å². The smallest absolute Gasteiger partial charge is 0.134 e. The Hall–Kier alpha value is -0.520. The minimum absolute atomic E-state index is 0. The fourth-order valence-electron chi connectivity index (χ4n) is 0.520. The zero-order valence-electron chi connectivity index (χ0n) is 11.2. The number of hydrogen-bond acceptors (Lipinski definition) is 4. The van der Waals surface area contributed by atoms with Crippen LogP contribution in [-0.2, 0) is 4.79 Å². The topological polar surface area (TPSA) is 56.0 Å². The number of alkyl halides is 1. The Labute approximate surface area is 131 Å². The molecule has 1 heterocycles. The first kappa shape index (κ1) is 23.6. The van der Waals surface area contributed by atoms with Gasteiger partial charge >= 0.3 is 0 Å². The first-order valence-electron chi connectivity index (χ1n) is 5.55. The van der Waals surface area contributed by atoms with E-state index >= 15 is 0 Å². The lowest BCUT2D eigenvalue weighted by molar-refractivity contribution is -0.105. The normalized spacial score (nSPS) is 8.58. The average Bonchev–Trinajstić information content (AvgIpc) is 2.83. The number of thiazole rings is 1. The van der Waals surface area contributed by atoms with Crippen LogP contribution in [0.15, 0.2) is 11.6 Å². The van der Waals surface area contributed by atoms with Crippen molar-refractivity contribution in [2.24, 2.45) is 11.7 Å². The van der Waals surface area contributed by atoms with Gasteiger partial charge in [0.1, 0.15) is 6.29 Å². The van der Waals surface area contributed by atoms with Crippen LogP contribution in [0.2, 0.25) is 0 Å². The summed E-state index contributed by atoms with van der Waals surface area (Å²) in [6.07, 6.45) is 2.49. The maximum absolute atomic E-state index is 9.04. The lowest BCUT2D eigenvalue weighted by Gasteiger charge is -1.95. The van der Waals surface area contributed by atoms with Crippen molar-refractivity contribution in [2.45, 2.75) is 41.0 Å². The van der Waals surface area contributed by atoms with Crippen molar-refractivity contribution in [3.05, 3.63) is 16.6 Å². The predicted molar refractivity (Wildman–Crippen MR) is 91.3 cm³/mol. The van der Waals surface area contributed by atoms with Gasteiger partial charge in [-0.3, -0.25) is 0 Å². The highest BCUT2D eigenvalue weighted by Gasteiger charge is 1.97. The molecule has 0 unspecified atom stereocenters. The number of nitrogens with zero attached hydrogens (tertiary/aromatic N) is 1. The quantitative estimate of drug-likeness (QED) is 0.513. The summed E-state index contributed by atoms with van der Waals surface area (Å²) in [7, 11) is 0. The van der Waals surface area contributed by atoms with Gasteiger partial charge in [-0.25, -0.2) is 4.98 Å². The molecule has 3 nitrogen and oxygen atoms in total. The second-order valence-corrected chi connectivity index (χ2v) is 5.61. The van der Waals surface area contributed by atoms with Crippen LogP contribution < -0.4 is 5.73 Å². The Morgan fingerprint density at radius 3 is 2.05 bits per heavy atom. The third kappa shape index (κ3) is 17.5. The number of carbonyl (C=O) groups is 1. The summed E-state index contributed by atoms with van der Waals surface area (Å²) in [6, 6.07) is 0. The van der Waals surface area contributed by atoms with E-state index in [9.17, 15) is 0 Å². The molecule has 0 aromatic carbocycles. The molecule has 112 valence electrons. The molecule has 0 aliphatic carbocycles. The SMILES string of the molecule is C.CC(C)C(N)=S.CC(C)c1nccs1.O=CCCl. The van der Waals surface area contributed by atoms with Crippen molar-refractivity contribution in [2.75, 3.05) is 5.88 Å². The van der Waals surface area contributed by atoms with Crippen molar-refractivity contribution >= 4 is 46.4 Å². The first-order chi connectivity index (χ1) is 8.36. The molecule has 6 heteroatoms. The summed E-state index contributed by atoms with van der Waals surface area (Å²) in [4.78, 5) is 13.8. The third-order valence-corrected chi connectivity index (χ3v) is 3.25. The number of aromatic nitrogens is 1. The molecule has 1 aromatic heterocycles. The lowest BCUT2D eigenvalue weighted by Crippen LogP contribution is -2.14. The predicted octanol–water partition coefficient (Wildman–Crippen LogP) is 4.26. The van der Waals surface area contributed by atoms with E-state index in [2.05, 4.69) is 31.0 Å². The van der Waals surface area contributed by atoms with Crippen LogP contribution in [0.4, 0.5) is 0 Å². The van der Waals surface area contributed by atoms with Crippen LogP contribution in [0.3, 0.4) is 0 Å². The second-order valence-electron chi connectivity index (χ2n) is 3.90. The summed E-state index contributed by atoms with van der Waals surface area (Å²) in [5.41, 5.74) is 5.17. The highest BCUT2D eigenvalue weighted by atomic mass is 35.5. The van der Waals surface area contributed by atoms with Gasteiger partial charge in [-0.05, 0) is 0 Å². The lowest BCUT2D eigenvalue weighted by atomic mass is 10.2. The van der Waals surface area contributed by atoms with Gasteiger partial charge in [-0.15, -0.1) is 22.9 Å². The van der Waals surface area contributed by atoms with Crippen LogP contribution in [0.1, 0.15) is 46.0 Å². The second kappa shape index (κ2) is 15.5. The molecule has 0 aliphatic rings. The molecule has 0 bridgehead atoms. The van der Waals surface area contributed by atoms with Gasteiger partial charge in [0, 0.05) is 23.4 Å². The number of carbonyl (C=O) groups excluding carboxylic acids is 1. The largest absolute Gasteiger partial charge is 0.393 e. The van der Waals surface area contributed by atoms with Crippen LogP contribution >= 0.6 is 35.2 Å².